The van der Waals surface area contributed by atoms with Gasteiger partial charge in [-0.05, 0) is 18.2 Å². The number of nitrogens with zero attached hydrogens (tertiary/aromatic N) is 1. The third kappa shape index (κ3) is 1.84. The predicted molar refractivity (Wildman–Crippen MR) is 61.6 cm³/mol. The van der Waals surface area contributed by atoms with E-state index in [1.807, 2.05) is 24.3 Å². The Morgan fingerprint density at radius 1 is 1.06 bits per heavy atom. The summed E-state index contributed by atoms with van der Waals surface area (Å²) in [7, 11) is 3.25. The maximum absolute atomic E-state index is 5.29. The summed E-state index contributed by atoms with van der Waals surface area (Å²) in [6.45, 7) is 0. The molecule has 0 aliphatic rings. The van der Waals surface area contributed by atoms with Crippen LogP contribution in [0.2, 0.25) is 0 Å². The van der Waals surface area contributed by atoms with Crippen molar-refractivity contribution in [2.45, 2.75) is 0 Å². The first-order valence-corrected chi connectivity index (χ1v) is 4.90. The van der Waals surface area contributed by atoms with E-state index in [0.717, 1.165) is 17.0 Å². The molecule has 3 heteroatoms. The fourth-order valence-corrected chi connectivity index (χ4v) is 1.54. The zero-order valence-corrected chi connectivity index (χ0v) is 9.23. The van der Waals surface area contributed by atoms with Crippen LogP contribution < -0.4 is 9.47 Å². The third-order valence-electron chi connectivity index (χ3n) is 2.30. The number of ether oxygens (including phenoxy) is 2. The minimum Gasteiger partial charge on any atom is -0.496 e. The summed E-state index contributed by atoms with van der Waals surface area (Å²) in [5, 5.41) is 0. The van der Waals surface area contributed by atoms with Crippen molar-refractivity contribution in [1.29, 1.82) is 0 Å². The van der Waals surface area contributed by atoms with Crippen LogP contribution in [0.15, 0.2) is 36.5 Å². The Bertz CT molecular complexity index is 437. The molecule has 0 unspecified atom stereocenters. The van der Waals surface area contributed by atoms with E-state index in [9.17, 15) is 0 Å². The van der Waals surface area contributed by atoms with Gasteiger partial charge in [0, 0.05) is 17.8 Å². The Hall–Kier alpha value is -2.03. The Morgan fingerprint density at radius 3 is 2.56 bits per heavy atom. The average Bonchev–Trinajstić information content (AvgIpc) is 2.38. The first-order valence-electron chi connectivity index (χ1n) is 4.90. The predicted octanol–water partition coefficient (Wildman–Crippen LogP) is 2.57. The summed E-state index contributed by atoms with van der Waals surface area (Å²) < 4.78 is 10.5. The highest BCUT2D eigenvalue weighted by Crippen LogP contribution is 2.33. The van der Waals surface area contributed by atoms with Crippen molar-refractivity contribution in [3.05, 3.63) is 42.6 Å². The van der Waals surface area contributed by atoms with E-state index in [1.54, 1.807) is 26.5 Å². The normalized spacial score (nSPS) is 9.88. The second-order valence-electron chi connectivity index (χ2n) is 3.19. The van der Waals surface area contributed by atoms with Crippen molar-refractivity contribution in [2.24, 2.45) is 0 Å². The van der Waals surface area contributed by atoms with E-state index in [4.69, 9.17) is 9.47 Å². The lowest BCUT2D eigenvalue weighted by atomic mass is 10.1. The van der Waals surface area contributed by atoms with Crippen molar-refractivity contribution in [2.75, 3.05) is 14.2 Å². The topological polar surface area (TPSA) is 31.4 Å². The zero-order chi connectivity index (χ0) is 11.4. The molecule has 81 valence electrons. The Morgan fingerprint density at radius 2 is 1.81 bits per heavy atom. The van der Waals surface area contributed by atoms with Gasteiger partial charge in [-0.25, -0.2) is 0 Å². The molecular weight excluding hydrogens is 202 g/mol. The molecule has 16 heavy (non-hydrogen) atoms. The smallest absolute Gasteiger partial charge is 0.145 e. The summed E-state index contributed by atoms with van der Waals surface area (Å²) in [4.78, 5) is 4.27. The number of benzene rings is 1. The van der Waals surface area contributed by atoms with Gasteiger partial charge in [0.25, 0.3) is 0 Å². The van der Waals surface area contributed by atoms with E-state index in [2.05, 4.69) is 11.1 Å². The molecule has 0 bridgehead atoms. The fraction of sp³-hybridized carbons (Fsp3) is 0.154. The largest absolute Gasteiger partial charge is 0.496 e. The summed E-state index contributed by atoms with van der Waals surface area (Å²) in [5.74, 6) is 1.46. The number of hydrogen-bond acceptors (Lipinski definition) is 3. The average molecular weight is 214 g/mol. The van der Waals surface area contributed by atoms with Crippen LogP contribution in [-0.4, -0.2) is 19.2 Å². The highest BCUT2D eigenvalue weighted by atomic mass is 16.5. The van der Waals surface area contributed by atoms with Gasteiger partial charge >= 0.3 is 0 Å². The van der Waals surface area contributed by atoms with E-state index >= 15 is 0 Å². The number of aromatic nitrogens is 1. The Labute approximate surface area is 94.7 Å². The highest BCUT2D eigenvalue weighted by molar-refractivity contribution is 5.72. The van der Waals surface area contributed by atoms with E-state index in [0.29, 0.717) is 5.75 Å². The molecule has 2 rings (SSSR count). The van der Waals surface area contributed by atoms with Crippen LogP contribution in [0.5, 0.6) is 11.5 Å². The summed E-state index contributed by atoms with van der Waals surface area (Å²) in [5.41, 5.74) is 1.68. The zero-order valence-electron chi connectivity index (χ0n) is 9.23. The lowest BCUT2D eigenvalue weighted by Gasteiger charge is -2.10. The summed E-state index contributed by atoms with van der Waals surface area (Å²) in [6.07, 6.45) is 1.62. The van der Waals surface area contributed by atoms with Crippen LogP contribution in [0.3, 0.4) is 0 Å². The van der Waals surface area contributed by atoms with Gasteiger partial charge in [-0.2, -0.15) is 0 Å². The van der Waals surface area contributed by atoms with Crippen molar-refractivity contribution < 1.29 is 9.47 Å². The second-order valence-corrected chi connectivity index (χ2v) is 3.19. The molecule has 1 aromatic heterocycles. The van der Waals surface area contributed by atoms with Crippen molar-refractivity contribution in [1.82, 2.24) is 4.98 Å². The number of methoxy groups -OCH3 is 2. The monoisotopic (exact) mass is 214 g/mol. The van der Waals surface area contributed by atoms with E-state index in [-0.39, 0.29) is 0 Å². The minimum absolute atomic E-state index is 0.687. The molecule has 1 aromatic carbocycles. The molecule has 1 radical (unpaired) electrons. The van der Waals surface area contributed by atoms with Crippen LogP contribution >= 0.6 is 0 Å². The molecule has 0 fully saturated rings. The quantitative estimate of drug-likeness (QED) is 0.786. The van der Waals surface area contributed by atoms with Gasteiger partial charge in [0.1, 0.15) is 17.2 Å². The molecule has 0 N–H and O–H groups in total. The lowest BCUT2D eigenvalue weighted by molar-refractivity contribution is 0.409. The number of rotatable bonds is 3. The van der Waals surface area contributed by atoms with Gasteiger partial charge in [0.2, 0.25) is 0 Å². The molecule has 0 aliphatic carbocycles. The second kappa shape index (κ2) is 4.66. The number of pyridine rings is 1. The molecular formula is C13H12NO2. The van der Waals surface area contributed by atoms with Gasteiger partial charge in [-0.3, -0.25) is 4.98 Å². The van der Waals surface area contributed by atoms with Crippen LogP contribution in [-0.2, 0) is 0 Å². The highest BCUT2D eigenvalue weighted by Gasteiger charge is 2.10. The van der Waals surface area contributed by atoms with Gasteiger partial charge in [0.15, 0.2) is 0 Å². The standard InChI is InChI=1S/C13H12NO2/c1-15-11-7-4-3-6-10(11)13-12(16-2)8-5-9-14-13/h3-4,6-9H,1-2H3. The molecule has 0 amide bonds. The van der Waals surface area contributed by atoms with Gasteiger partial charge < -0.3 is 9.47 Å². The van der Waals surface area contributed by atoms with Crippen molar-refractivity contribution in [3.63, 3.8) is 0 Å². The molecule has 0 aliphatic heterocycles. The van der Waals surface area contributed by atoms with E-state index in [1.165, 1.54) is 0 Å². The molecule has 0 atom stereocenters. The number of para-hydroxylation sites is 1. The SMILES string of the molecule is COc1ccccc1-c1nc[c]cc1OC. The Kier molecular flexibility index (Phi) is 3.05. The van der Waals surface area contributed by atoms with Crippen LogP contribution in [0.1, 0.15) is 0 Å². The van der Waals surface area contributed by atoms with Crippen LogP contribution in [0.25, 0.3) is 11.3 Å². The first-order chi connectivity index (χ1) is 7.86. The maximum atomic E-state index is 5.29. The molecule has 0 saturated carbocycles. The van der Waals surface area contributed by atoms with E-state index < -0.39 is 0 Å². The first kappa shape index (κ1) is 10.5. The van der Waals surface area contributed by atoms with Crippen molar-refractivity contribution >= 4 is 0 Å². The van der Waals surface area contributed by atoms with Gasteiger partial charge in [0.05, 0.1) is 14.2 Å². The maximum Gasteiger partial charge on any atom is 0.145 e. The third-order valence-corrected chi connectivity index (χ3v) is 2.30. The lowest BCUT2D eigenvalue weighted by Crippen LogP contribution is -1.93. The van der Waals surface area contributed by atoms with Crippen molar-refractivity contribution in [3.8, 4) is 22.8 Å². The molecule has 0 saturated heterocycles. The number of hydrogen-bond donors (Lipinski definition) is 0. The molecule has 0 spiro atoms. The van der Waals surface area contributed by atoms with Gasteiger partial charge in [-0.1, -0.05) is 12.1 Å². The summed E-state index contributed by atoms with van der Waals surface area (Å²) in [6, 6.07) is 12.3. The molecule has 2 aromatic rings. The fourth-order valence-electron chi connectivity index (χ4n) is 1.54. The van der Waals surface area contributed by atoms with Crippen LogP contribution in [0, 0.1) is 6.07 Å². The van der Waals surface area contributed by atoms with Gasteiger partial charge in [-0.15, -0.1) is 0 Å². The summed E-state index contributed by atoms with van der Waals surface area (Å²) >= 11 is 0. The Balaban J connectivity index is 2.58. The van der Waals surface area contributed by atoms with Crippen LogP contribution in [0.4, 0.5) is 0 Å². The minimum atomic E-state index is 0.687. The molecule has 1 heterocycles. The molecule has 3 nitrogen and oxygen atoms in total.